The lowest BCUT2D eigenvalue weighted by Crippen LogP contribution is -2.36. The van der Waals surface area contributed by atoms with Gasteiger partial charge < -0.3 is 15.7 Å². The van der Waals surface area contributed by atoms with E-state index < -0.39 is 0 Å². The van der Waals surface area contributed by atoms with Crippen LogP contribution in [0.15, 0.2) is 36.8 Å². The smallest absolute Gasteiger partial charge is 0.153 e. The van der Waals surface area contributed by atoms with Crippen molar-refractivity contribution in [2.75, 3.05) is 10.6 Å². The maximum absolute atomic E-state index is 10.2. The zero-order valence-electron chi connectivity index (χ0n) is 14.9. The molecule has 0 aliphatic heterocycles. The number of hydrogen-bond acceptors (Lipinski definition) is 6. The fourth-order valence-corrected chi connectivity index (χ4v) is 3.44. The first kappa shape index (κ1) is 16.8. The molecule has 0 aromatic carbocycles. The summed E-state index contributed by atoms with van der Waals surface area (Å²) in [6.45, 7) is 0.650. The molecule has 1 aliphatic carbocycles. The molecule has 0 unspecified atom stereocenters. The molecule has 8 heteroatoms. The van der Waals surface area contributed by atoms with E-state index in [2.05, 4.69) is 20.7 Å². The molecular formula is C18H23BN6O. The summed E-state index contributed by atoms with van der Waals surface area (Å²) >= 11 is 0. The summed E-state index contributed by atoms with van der Waals surface area (Å²) in [5.41, 5.74) is 2.93. The predicted octanol–water partition coefficient (Wildman–Crippen LogP) is 0.710. The average Bonchev–Trinajstić information content (AvgIpc) is 3.04. The fourth-order valence-electron chi connectivity index (χ4n) is 3.44. The Morgan fingerprint density at radius 2 is 2.15 bits per heavy atom. The fraction of sp³-hybridized carbons (Fsp3) is 0.389. The number of fused-ring (bicyclic) bond motifs is 1. The van der Waals surface area contributed by atoms with Gasteiger partial charge in [0.1, 0.15) is 19.5 Å². The molecule has 3 aromatic rings. The highest BCUT2D eigenvalue weighted by Crippen LogP contribution is 2.23. The topological polar surface area (TPSA) is 87.4 Å². The molecule has 26 heavy (non-hydrogen) atoms. The Labute approximate surface area is 153 Å². The Hall–Kier alpha value is -2.61. The van der Waals surface area contributed by atoms with Crippen molar-refractivity contribution in [3.05, 3.63) is 42.4 Å². The number of rotatable bonds is 5. The summed E-state index contributed by atoms with van der Waals surface area (Å²) < 4.78 is 1.81. The van der Waals surface area contributed by atoms with Gasteiger partial charge in [0.15, 0.2) is 5.65 Å². The SMILES string of the molecule is Bc1cnn2c(NCc3cccnc3)cc(N[C@H]3CCCC[C@@H]3O)nc12. The van der Waals surface area contributed by atoms with Gasteiger partial charge in [0.05, 0.1) is 12.1 Å². The minimum Gasteiger partial charge on any atom is -0.391 e. The van der Waals surface area contributed by atoms with Gasteiger partial charge in [-0.05, 0) is 29.9 Å². The van der Waals surface area contributed by atoms with Crippen LogP contribution in [0.25, 0.3) is 5.65 Å². The van der Waals surface area contributed by atoms with Crippen molar-refractivity contribution >= 4 is 30.6 Å². The Kier molecular flexibility index (Phi) is 4.75. The van der Waals surface area contributed by atoms with Crippen molar-refractivity contribution < 1.29 is 5.11 Å². The van der Waals surface area contributed by atoms with Gasteiger partial charge in [0.2, 0.25) is 0 Å². The summed E-state index contributed by atoms with van der Waals surface area (Å²) in [6, 6.07) is 5.96. The van der Waals surface area contributed by atoms with Crippen molar-refractivity contribution in [3.63, 3.8) is 0 Å². The largest absolute Gasteiger partial charge is 0.391 e. The lowest BCUT2D eigenvalue weighted by Gasteiger charge is -2.29. The highest BCUT2D eigenvalue weighted by Gasteiger charge is 2.23. The second-order valence-electron chi connectivity index (χ2n) is 6.91. The van der Waals surface area contributed by atoms with Crippen LogP contribution in [0.3, 0.4) is 0 Å². The summed E-state index contributed by atoms with van der Waals surface area (Å²) in [4.78, 5) is 8.86. The molecule has 1 fully saturated rings. The van der Waals surface area contributed by atoms with E-state index in [-0.39, 0.29) is 12.1 Å². The van der Waals surface area contributed by atoms with E-state index in [1.54, 1.807) is 6.20 Å². The first-order valence-corrected chi connectivity index (χ1v) is 9.13. The Morgan fingerprint density at radius 1 is 1.27 bits per heavy atom. The molecule has 4 rings (SSSR count). The minimum absolute atomic E-state index is 0.0492. The molecular weight excluding hydrogens is 327 g/mol. The minimum atomic E-state index is -0.320. The third-order valence-corrected chi connectivity index (χ3v) is 4.91. The van der Waals surface area contributed by atoms with Gasteiger partial charge in [0, 0.05) is 31.2 Å². The van der Waals surface area contributed by atoms with Crippen molar-refractivity contribution in [1.82, 2.24) is 19.6 Å². The maximum atomic E-state index is 10.2. The molecule has 7 nitrogen and oxygen atoms in total. The van der Waals surface area contributed by atoms with Crippen LogP contribution < -0.4 is 16.1 Å². The van der Waals surface area contributed by atoms with Crippen LogP contribution in [0.2, 0.25) is 0 Å². The highest BCUT2D eigenvalue weighted by molar-refractivity contribution is 6.36. The van der Waals surface area contributed by atoms with Gasteiger partial charge >= 0.3 is 0 Å². The first-order chi connectivity index (χ1) is 12.7. The molecule has 3 heterocycles. The van der Waals surface area contributed by atoms with Crippen molar-refractivity contribution in [2.24, 2.45) is 0 Å². The van der Waals surface area contributed by atoms with Crippen molar-refractivity contribution in [2.45, 2.75) is 44.4 Å². The van der Waals surface area contributed by atoms with Crippen LogP contribution in [-0.2, 0) is 6.54 Å². The van der Waals surface area contributed by atoms with E-state index in [9.17, 15) is 5.11 Å². The highest BCUT2D eigenvalue weighted by atomic mass is 16.3. The Bertz CT molecular complexity index is 884. The van der Waals surface area contributed by atoms with E-state index in [0.29, 0.717) is 6.54 Å². The van der Waals surface area contributed by atoms with Gasteiger partial charge in [-0.2, -0.15) is 9.61 Å². The Morgan fingerprint density at radius 3 is 2.96 bits per heavy atom. The number of aliphatic hydroxyl groups is 1. The zero-order valence-corrected chi connectivity index (χ0v) is 14.9. The maximum Gasteiger partial charge on any atom is 0.153 e. The molecule has 3 aromatic heterocycles. The number of aliphatic hydroxyl groups excluding tert-OH is 1. The summed E-state index contributed by atoms with van der Waals surface area (Å²) in [5.74, 6) is 1.63. The summed E-state index contributed by atoms with van der Waals surface area (Å²) in [6.07, 6.45) is 9.14. The van der Waals surface area contributed by atoms with Crippen molar-refractivity contribution in [1.29, 1.82) is 0 Å². The van der Waals surface area contributed by atoms with Crippen molar-refractivity contribution in [3.8, 4) is 0 Å². The molecule has 0 saturated heterocycles. The number of hydrogen-bond donors (Lipinski definition) is 3. The number of nitrogens with zero attached hydrogens (tertiary/aromatic N) is 4. The number of aromatic nitrogens is 4. The second kappa shape index (κ2) is 7.33. The third-order valence-electron chi connectivity index (χ3n) is 4.91. The lowest BCUT2D eigenvalue weighted by atomic mass is 9.92. The van der Waals surface area contributed by atoms with Gasteiger partial charge in [-0.1, -0.05) is 18.9 Å². The number of nitrogens with one attached hydrogen (secondary N) is 2. The van der Waals surface area contributed by atoms with Crippen LogP contribution >= 0.6 is 0 Å². The molecule has 0 bridgehead atoms. The molecule has 1 aliphatic rings. The van der Waals surface area contributed by atoms with Crippen LogP contribution in [0.5, 0.6) is 0 Å². The van der Waals surface area contributed by atoms with Gasteiger partial charge in [-0.3, -0.25) is 4.98 Å². The van der Waals surface area contributed by atoms with Gasteiger partial charge in [-0.25, -0.2) is 4.98 Å². The summed E-state index contributed by atoms with van der Waals surface area (Å²) in [7, 11) is 2.00. The van der Waals surface area contributed by atoms with Crippen LogP contribution in [-0.4, -0.2) is 44.7 Å². The van der Waals surface area contributed by atoms with E-state index in [4.69, 9.17) is 4.98 Å². The zero-order chi connectivity index (χ0) is 17.9. The first-order valence-electron chi connectivity index (χ1n) is 9.13. The van der Waals surface area contributed by atoms with E-state index in [0.717, 1.165) is 54.0 Å². The number of pyridine rings is 1. The van der Waals surface area contributed by atoms with E-state index >= 15 is 0 Å². The standard InChI is InChI=1S/C18H23BN6O/c19-13-11-22-25-17(21-10-12-4-3-7-20-9-12)8-16(24-18(13)25)23-14-5-1-2-6-15(14)26/h3-4,7-9,11,14-15,21,26H,1-2,5-6,10,19H2,(H,23,24)/t14-,15-/m0/s1. The summed E-state index contributed by atoms with van der Waals surface area (Å²) in [5, 5.41) is 21.5. The average molecular weight is 350 g/mol. The molecule has 134 valence electrons. The monoisotopic (exact) mass is 350 g/mol. The predicted molar refractivity (Wildman–Crippen MR) is 105 cm³/mol. The molecule has 0 amide bonds. The van der Waals surface area contributed by atoms with E-state index in [1.807, 2.05) is 43.0 Å². The third kappa shape index (κ3) is 3.50. The number of anilines is 2. The van der Waals surface area contributed by atoms with Gasteiger partial charge in [0.25, 0.3) is 0 Å². The molecule has 3 N–H and O–H groups in total. The lowest BCUT2D eigenvalue weighted by molar-refractivity contribution is 0.116. The Balaban J connectivity index is 1.60. The normalized spacial score (nSPS) is 20.2. The van der Waals surface area contributed by atoms with Crippen LogP contribution in [0.4, 0.5) is 11.6 Å². The molecule has 1 saturated carbocycles. The molecule has 0 spiro atoms. The quantitative estimate of drug-likeness (QED) is 0.588. The molecule has 2 atom stereocenters. The van der Waals surface area contributed by atoms with Crippen LogP contribution in [0.1, 0.15) is 31.2 Å². The molecule has 0 radical (unpaired) electrons. The van der Waals surface area contributed by atoms with E-state index in [1.165, 1.54) is 0 Å². The van der Waals surface area contributed by atoms with Crippen LogP contribution in [0, 0.1) is 0 Å². The second-order valence-corrected chi connectivity index (χ2v) is 6.91. The van der Waals surface area contributed by atoms with Gasteiger partial charge in [-0.15, -0.1) is 0 Å².